The van der Waals surface area contributed by atoms with E-state index in [2.05, 4.69) is 5.92 Å². The highest BCUT2D eigenvalue weighted by Gasteiger charge is 2.18. The molecule has 1 N–H and O–H groups in total. The summed E-state index contributed by atoms with van der Waals surface area (Å²) in [6, 6.07) is 0. The van der Waals surface area contributed by atoms with Crippen LogP contribution in [0.2, 0.25) is 0 Å². The monoisotopic (exact) mass is 142 g/mol. The smallest absolute Gasteiger partial charge is 0.0861 e. The molecule has 0 saturated heterocycles. The van der Waals surface area contributed by atoms with Crippen LogP contribution in [0.25, 0.3) is 0 Å². The van der Waals surface area contributed by atoms with E-state index < -0.39 is 5.60 Å². The van der Waals surface area contributed by atoms with Crippen LogP contribution >= 0.6 is 0 Å². The lowest BCUT2D eigenvalue weighted by molar-refractivity contribution is -0.0214. The number of hydrogen-bond donors (Lipinski definition) is 1. The average molecular weight is 142 g/mol. The fourth-order valence-electron chi connectivity index (χ4n) is 0.725. The average Bonchev–Trinajstić information content (AvgIpc) is 1.84. The van der Waals surface area contributed by atoms with Crippen LogP contribution in [-0.4, -0.2) is 24.4 Å². The molecule has 0 fully saturated rings. The first-order chi connectivity index (χ1) is 4.62. The van der Waals surface area contributed by atoms with Gasteiger partial charge in [0.15, 0.2) is 0 Å². The summed E-state index contributed by atoms with van der Waals surface area (Å²) in [5.74, 6) is 2.47. The van der Waals surface area contributed by atoms with E-state index in [4.69, 9.17) is 11.2 Å². The Balaban J connectivity index is 3.54. The Kier molecular flexibility index (Phi) is 4.10. The largest absolute Gasteiger partial charge is 0.388 e. The van der Waals surface area contributed by atoms with Crippen LogP contribution in [0.5, 0.6) is 0 Å². The summed E-state index contributed by atoms with van der Waals surface area (Å²) >= 11 is 0. The molecule has 0 aromatic rings. The maximum atomic E-state index is 9.43. The van der Waals surface area contributed by atoms with E-state index in [1.54, 1.807) is 14.0 Å². The van der Waals surface area contributed by atoms with Crippen LogP contribution in [0, 0.1) is 12.3 Å². The lowest BCUT2D eigenvalue weighted by atomic mass is 10.0. The quantitative estimate of drug-likeness (QED) is 0.588. The minimum Gasteiger partial charge on any atom is -0.388 e. The SMILES string of the molecule is C#CCCC(C)(O)COC. The maximum absolute atomic E-state index is 9.43. The highest BCUT2D eigenvalue weighted by atomic mass is 16.5. The zero-order valence-corrected chi connectivity index (χ0v) is 6.55. The van der Waals surface area contributed by atoms with Crippen molar-refractivity contribution >= 4 is 0 Å². The van der Waals surface area contributed by atoms with Crippen molar-refractivity contribution in [3.05, 3.63) is 0 Å². The third-order valence-electron chi connectivity index (χ3n) is 1.26. The van der Waals surface area contributed by atoms with Gasteiger partial charge in [0.05, 0.1) is 12.2 Å². The highest BCUT2D eigenvalue weighted by Crippen LogP contribution is 2.10. The van der Waals surface area contributed by atoms with Gasteiger partial charge in [-0.1, -0.05) is 0 Å². The summed E-state index contributed by atoms with van der Waals surface area (Å²) < 4.78 is 4.79. The molecule has 0 heterocycles. The van der Waals surface area contributed by atoms with Crippen molar-refractivity contribution < 1.29 is 9.84 Å². The zero-order chi connectivity index (χ0) is 8.04. The van der Waals surface area contributed by atoms with Crippen LogP contribution in [-0.2, 0) is 4.74 Å². The lowest BCUT2D eigenvalue weighted by Gasteiger charge is -2.20. The van der Waals surface area contributed by atoms with E-state index in [0.29, 0.717) is 19.4 Å². The van der Waals surface area contributed by atoms with Gasteiger partial charge in [0.25, 0.3) is 0 Å². The van der Waals surface area contributed by atoms with Gasteiger partial charge < -0.3 is 9.84 Å². The summed E-state index contributed by atoms with van der Waals surface area (Å²) in [4.78, 5) is 0. The molecule has 58 valence electrons. The first-order valence-electron chi connectivity index (χ1n) is 3.27. The second kappa shape index (κ2) is 4.32. The van der Waals surface area contributed by atoms with Gasteiger partial charge in [-0.2, -0.15) is 0 Å². The fourth-order valence-corrected chi connectivity index (χ4v) is 0.725. The minimum absolute atomic E-state index is 0.342. The van der Waals surface area contributed by atoms with Crippen LogP contribution in [0.3, 0.4) is 0 Å². The molecule has 10 heavy (non-hydrogen) atoms. The van der Waals surface area contributed by atoms with Crippen molar-refractivity contribution in [3.8, 4) is 12.3 Å². The van der Waals surface area contributed by atoms with Gasteiger partial charge in [0.1, 0.15) is 0 Å². The normalized spacial score (nSPS) is 15.8. The first kappa shape index (κ1) is 9.48. The molecule has 0 aliphatic carbocycles. The fraction of sp³-hybridized carbons (Fsp3) is 0.750. The Labute approximate surface area is 62.2 Å². The maximum Gasteiger partial charge on any atom is 0.0861 e. The third kappa shape index (κ3) is 4.37. The number of rotatable bonds is 4. The molecule has 1 unspecified atom stereocenters. The van der Waals surface area contributed by atoms with Crippen molar-refractivity contribution in [2.75, 3.05) is 13.7 Å². The molecule has 0 amide bonds. The molecular formula is C8H14O2. The predicted molar refractivity (Wildman–Crippen MR) is 40.6 cm³/mol. The molecule has 2 heteroatoms. The van der Waals surface area contributed by atoms with Crippen molar-refractivity contribution in [2.45, 2.75) is 25.4 Å². The highest BCUT2D eigenvalue weighted by molar-refractivity contribution is 4.87. The van der Waals surface area contributed by atoms with Gasteiger partial charge in [-0.05, 0) is 13.3 Å². The Morgan fingerprint density at radius 1 is 1.70 bits per heavy atom. The zero-order valence-electron chi connectivity index (χ0n) is 6.55. The molecule has 1 atom stereocenters. The van der Waals surface area contributed by atoms with Crippen molar-refractivity contribution in [2.24, 2.45) is 0 Å². The van der Waals surface area contributed by atoms with Gasteiger partial charge in [0, 0.05) is 13.5 Å². The predicted octanol–water partition coefficient (Wildman–Crippen LogP) is 0.797. The third-order valence-corrected chi connectivity index (χ3v) is 1.26. The molecule has 0 aromatic heterocycles. The van der Waals surface area contributed by atoms with Gasteiger partial charge in [-0.25, -0.2) is 0 Å². The summed E-state index contributed by atoms with van der Waals surface area (Å²) in [7, 11) is 1.56. The molecule has 0 rings (SSSR count). The molecule has 0 aromatic carbocycles. The van der Waals surface area contributed by atoms with Gasteiger partial charge >= 0.3 is 0 Å². The van der Waals surface area contributed by atoms with E-state index in [1.165, 1.54) is 0 Å². The lowest BCUT2D eigenvalue weighted by Crippen LogP contribution is -2.29. The number of ether oxygens (including phenoxy) is 1. The molecule has 0 spiro atoms. The Hall–Kier alpha value is -0.520. The second-order valence-corrected chi connectivity index (χ2v) is 2.63. The Morgan fingerprint density at radius 3 is 2.70 bits per heavy atom. The number of terminal acetylenes is 1. The van der Waals surface area contributed by atoms with E-state index in [1.807, 2.05) is 0 Å². The van der Waals surface area contributed by atoms with Gasteiger partial charge in [-0.15, -0.1) is 12.3 Å². The number of aliphatic hydroxyl groups is 1. The van der Waals surface area contributed by atoms with Crippen molar-refractivity contribution in [3.63, 3.8) is 0 Å². The standard InChI is InChI=1S/C8H14O2/c1-4-5-6-8(2,9)7-10-3/h1,9H,5-7H2,2-3H3. The van der Waals surface area contributed by atoms with Gasteiger partial charge in [-0.3, -0.25) is 0 Å². The van der Waals surface area contributed by atoms with Crippen LogP contribution in [0.4, 0.5) is 0 Å². The first-order valence-corrected chi connectivity index (χ1v) is 3.27. The van der Waals surface area contributed by atoms with E-state index in [9.17, 15) is 5.11 Å². The molecule has 0 saturated carbocycles. The van der Waals surface area contributed by atoms with Crippen LogP contribution in [0.15, 0.2) is 0 Å². The summed E-state index contributed by atoms with van der Waals surface area (Å²) in [6.07, 6.45) is 6.22. The van der Waals surface area contributed by atoms with E-state index in [-0.39, 0.29) is 0 Å². The van der Waals surface area contributed by atoms with Crippen LogP contribution < -0.4 is 0 Å². The summed E-state index contributed by atoms with van der Waals surface area (Å²) in [6.45, 7) is 2.06. The summed E-state index contributed by atoms with van der Waals surface area (Å²) in [5.41, 5.74) is -0.763. The van der Waals surface area contributed by atoms with Crippen molar-refractivity contribution in [1.82, 2.24) is 0 Å². The molecule has 0 aliphatic heterocycles. The van der Waals surface area contributed by atoms with E-state index in [0.717, 1.165) is 0 Å². The van der Waals surface area contributed by atoms with Gasteiger partial charge in [0.2, 0.25) is 0 Å². The minimum atomic E-state index is -0.763. The molecular weight excluding hydrogens is 128 g/mol. The number of hydrogen-bond acceptors (Lipinski definition) is 2. The Bertz CT molecular complexity index is 122. The molecule has 0 aliphatic rings. The molecule has 2 nitrogen and oxygen atoms in total. The second-order valence-electron chi connectivity index (χ2n) is 2.63. The van der Waals surface area contributed by atoms with E-state index >= 15 is 0 Å². The van der Waals surface area contributed by atoms with Crippen molar-refractivity contribution in [1.29, 1.82) is 0 Å². The molecule has 0 bridgehead atoms. The Morgan fingerprint density at radius 2 is 2.30 bits per heavy atom. The molecule has 0 radical (unpaired) electrons. The number of methoxy groups -OCH3 is 1. The van der Waals surface area contributed by atoms with Crippen LogP contribution in [0.1, 0.15) is 19.8 Å². The topological polar surface area (TPSA) is 29.5 Å². The summed E-state index contributed by atoms with van der Waals surface area (Å²) in [5, 5.41) is 9.43.